The quantitative estimate of drug-likeness (QED) is 0.841. The fourth-order valence-electron chi connectivity index (χ4n) is 1.89. The van der Waals surface area contributed by atoms with Crippen molar-refractivity contribution in [2.24, 2.45) is 0 Å². The van der Waals surface area contributed by atoms with Gasteiger partial charge in [0.1, 0.15) is 12.0 Å². The summed E-state index contributed by atoms with van der Waals surface area (Å²) < 4.78 is 0.847. The van der Waals surface area contributed by atoms with Crippen LogP contribution in [0.4, 0.5) is 0 Å². The molecule has 21 heavy (non-hydrogen) atoms. The van der Waals surface area contributed by atoms with Gasteiger partial charge in [0.25, 0.3) is 0 Å². The fourth-order valence-corrected chi connectivity index (χ4v) is 2.16. The van der Waals surface area contributed by atoms with Gasteiger partial charge < -0.3 is 10.2 Å². The third-order valence-electron chi connectivity index (χ3n) is 2.95. The molecule has 0 aliphatic heterocycles. The molecule has 2 N–H and O–H groups in total. The van der Waals surface area contributed by atoms with E-state index < -0.39 is 18.0 Å². The number of aliphatic hydroxyl groups excluding tert-OH is 1. The Morgan fingerprint density at radius 1 is 1.05 bits per heavy atom. The van der Waals surface area contributed by atoms with Crippen LogP contribution in [0, 0.1) is 11.8 Å². The summed E-state index contributed by atoms with van der Waals surface area (Å²) in [6, 6.07) is 15.9. The molecule has 0 spiro atoms. The minimum atomic E-state index is -1.27. The van der Waals surface area contributed by atoms with Gasteiger partial charge in [0.05, 0.1) is 0 Å². The topological polar surface area (TPSA) is 57.5 Å². The van der Waals surface area contributed by atoms with E-state index in [1.807, 2.05) is 18.2 Å². The van der Waals surface area contributed by atoms with E-state index in [9.17, 15) is 15.0 Å². The van der Waals surface area contributed by atoms with Crippen molar-refractivity contribution in [2.75, 3.05) is 0 Å². The lowest BCUT2D eigenvalue weighted by atomic mass is 9.93. The first kappa shape index (κ1) is 15.3. The molecule has 0 aliphatic carbocycles. The van der Waals surface area contributed by atoms with Crippen LogP contribution in [0.5, 0.6) is 0 Å². The van der Waals surface area contributed by atoms with Crippen LogP contribution >= 0.6 is 15.9 Å². The van der Waals surface area contributed by atoms with Crippen molar-refractivity contribution in [1.82, 2.24) is 0 Å². The molecule has 0 saturated carbocycles. The molecule has 2 aromatic carbocycles. The molecule has 3 nitrogen and oxygen atoms in total. The molecular weight excluding hydrogens is 332 g/mol. The predicted molar refractivity (Wildman–Crippen MR) is 83.8 cm³/mol. The Hall–Kier alpha value is -2.09. The summed E-state index contributed by atoms with van der Waals surface area (Å²) in [5.41, 5.74) is 1.25. The first-order valence-electron chi connectivity index (χ1n) is 6.31. The second-order valence-corrected chi connectivity index (χ2v) is 5.36. The summed E-state index contributed by atoms with van der Waals surface area (Å²) in [7, 11) is 0. The number of hydrogen-bond acceptors (Lipinski definition) is 2. The number of rotatable bonds is 3. The number of hydrogen-bond donors (Lipinski definition) is 2. The molecule has 2 rings (SSSR count). The van der Waals surface area contributed by atoms with Crippen LogP contribution in [-0.4, -0.2) is 22.3 Å². The Bertz CT molecular complexity index is 669. The van der Waals surface area contributed by atoms with Crippen molar-refractivity contribution in [3.05, 3.63) is 70.2 Å². The van der Waals surface area contributed by atoms with Crippen molar-refractivity contribution in [3.8, 4) is 11.8 Å². The molecule has 0 unspecified atom stereocenters. The monoisotopic (exact) mass is 344 g/mol. The highest BCUT2D eigenvalue weighted by atomic mass is 79.9. The van der Waals surface area contributed by atoms with E-state index in [4.69, 9.17) is 0 Å². The predicted octanol–water partition coefficient (Wildman–Crippen LogP) is 3.03. The molecular formula is C17H13BrO3. The number of carboxylic acids is 1. The molecule has 0 saturated heterocycles. The van der Waals surface area contributed by atoms with Crippen molar-refractivity contribution >= 4 is 21.9 Å². The van der Waals surface area contributed by atoms with Gasteiger partial charge in [-0.1, -0.05) is 58.1 Å². The van der Waals surface area contributed by atoms with Crippen molar-refractivity contribution < 1.29 is 15.0 Å². The van der Waals surface area contributed by atoms with Gasteiger partial charge in [0.2, 0.25) is 0 Å². The van der Waals surface area contributed by atoms with Crippen LogP contribution in [0.2, 0.25) is 0 Å². The molecule has 0 fully saturated rings. The Morgan fingerprint density at radius 2 is 1.67 bits per heavy atom. The average Bonchev–Trinajstić information content (AvgIpc) is 2.48. The lowest BCUT2D eigenvalue weighted by Crippen LogP contribution is -2.24. The van der Waals surface area contributed by atoms with E-state index in [0.29, 0.717) is 5.56 Å². The standard InChI is InChI=1S/C17H13BrO3/c18-14-9-7-13(8-10-14)16(17(20)21)15(19)11-6-12-4-2-1-3-5-12/h1-5,7-10,15-16,19H,(H,20,21)/t15-,16-/m1/s1. The average molecular weight is 345 g/mol. The fraction of sp³-hybridized carbons (Fsp3) is 0.118. The Kier molecular flexibility index (Phi) is 5.15. The van der Waals surface area contributed by atoms with E-state index in [-0.39, 0.29) is 0 Å². The van der Waals surface area contributed by atoms with Crippen LogP contribution in [0.3, 0.4) is 0 Å². The molecule has 0 radical (unpaired) electrons. The van der Waals surface area contributed by atoms with Gasteiger partial charge >= 0.3 is 5.97 Å². The summed E-state index contributed by atoms with van der Waals surface area (Å²) in [6.07, 6.45) is -1.27. The number of aliphatic hydroxyl groups is 1. The van der Waals surface area contributed by atoms with Gasteiger partial charge in [-0.15, -0.1) is 0 Å². The Balaban J connectivity index is 2.25. The molecule has 0 bridgehead atoms. The summed E-state index contributed by atoms with van der Waals surface area (Å²) in [6.45, 7) is 0. The van der Waals surface area contributed by atoms with Gasteiger partial charge in [0.15, 0.2) is 0 Å². The van der Waals surface area contributed by atoms with Crippen molar-refractivity contribution in [1.29, 1.82) is 0 Å². The van der Waals surface area contributed by atoms with Gasteiger partial charge in [-0.3, -0.25) is 4.79 Å². The van der Waals surface area contributed by atoms with Gasteiger partial charge in [0, 0.05) is 10.0 Å². The normalized spacial score (nSPS) is 12.9. The first-order valence-corrected chi connectivity index (χ1v) is 7.10. The van der Waals surface area contributed by atoms with E-state index in [1.54, 1.807) is 36.4 Å². The van der Waals surface area contributed by atoms with Gasteiger partial charge in [-0.25, -0.2) is 0 Å². The zero-order valence-corrected chi connectivity index (χ0v) is 12.6. The Morgan fingerprint density at radius 3 is 2.24 bits per heavy atom. The minimum absolute atomic E-state index is 0.514. The second-order valence-electron chi connectivity index (χ2n) is 4.45. The maximum atomic E-state index is 11.4. The van der Waals surface area contributed by atoms with Crippen LogP contribution in [-0.2, 0) is 4.79 Å². The minimum Gasteiger partial charge on any atom is -0.481 e. The molecule has 106 valence electrons. The lowest BCUT2D eigenvalue weighted by Gasteiger charge is -2.15. The summed E-state index contributed by atoms with van der Waals surface area (Å²) in [5.74, 6) is 3.22. The van der Waals surface area contributed by atoms with E-state index in [0.717, 1.165) is 10.0 Å². The van der Waals surface area contributed by atoms with Crippen LogP contribution in [0.25, 0.3) is 0 Å². The smallest absolute Gasteiger partial charge is 0.314 e. The third-order valence-corrected chi connectivity index (χ3v) is 3.48. The molecule has 0 amide bonds. The summed E-state index contributed by atoms with van der Waals surface area (Å²) >= 11 is 3.29. The second kappa shape index (κ2) is 7.07. The highest BCUT2D eigenvalue weighted by Gasteiger charge is 2.27. The summed E-state index contributed by atoms with van der Waals surface area (Å²) in [4.78, 5) is 11.4. The zero-order valence-electron chi connectivity index (χ0n) is 11.0. The SMILES string of the molecule is O=C(O)[C@H](c1ccc(Br)cc1)[C@H](O)C#Cc1ccccc1. The maximum Gasteiger partial charge on any atom is 0.314 e. The third kappa shape index (κ3) is 4.19. The molecule has 0 aliphatic rings. The van der Waals surface area contributed by atoms with Crippen LogP contribution in [0.15, 0.2) is 59.1 Å². The molecule has 0 heterocycles. The molecule has 2 atom stereocenters. The zero-order chi connectivity index (χ0) is 15.2. The van der Waals surface area contributed by atoms with E-state index >= 15 is 0 Å². The van der Waals surface area contributed by atoms with E-state index in [2.05, 4.69) is 27.8 Å². The highest BCUT2D eigenvalue weighted by molar-refractivity contribution is 9.10. The van der Waals surface area contributed by atoms with Crippen molar-refractivity contribution in [2.45, 2.75) is 12.0 Å². The van der Waals surface area contributed by atoms with Gasteiger partial charge in [-0.05, 0) is 29.8 Å². The van der Waals surface area contributed by atoms with Crippen LogP contribution < -0.4 is 0 Å². The first-order chi connectivity index (χ1) is 10.1. The molecule has 2 aromatic rings. The Labute approximate surface area is 131 Å². The maximum absolute atomic E-state index is 11.4. The summed E-state index contributed by atoms with van der Waals surface area (Å²) in [5, 5.41) is 19.4. The number of carboxylic acid groups (broad SMARTS) is 1. The lowest BCUT2D eigenvalue weighted by molar-refractivity contribution is -0.140. The number of aliphatic carboxylic acids is 1. The van der Waals surface area contributed by atoms with Crippen molar-refractivity contribution in [3.63, 3.8) is 0 Å². The van der Waals surface area contributed by atoms with E-state index in [1.165, 1.54) is 0 Å². The number of benzene rings is 2. The van der Waals surface area contributed by atoms with Crippen LogP contribution in [0.1, 0.15) is 17.0 Å². The number of carbonyl (C=O) groups is 1. The largest absolute Gasteiger partial charge is 0.481 e. The number of halogens is 1. The molecule has 0 aromatic heterocycles. The highest BCUT2D eigenvalue weighted by Crippen LogP contribution is 2.22. The van der Waals surface area contributed by atoms with Gasteiger partial charge in [-0.2, -0.15) is 0 Å². The molecule has 4 heteroatoms.